The normalized spacial score (nSPS) is 23.8. The van der Waals surface area contributed by atoms with Crippen molar-refractivity contribution < 1.29 is 19.1 Å². The molecule has 5 nitrogen and oxygen atoms in total. The Bertz CT molecular complexity index is 945. The molecule has 0 unspecified atom stereocenters. The zero-order valence-electron chi connectivity index (χ0n) is 15.9. The first kappa shape index (κ1) is 18.5. The van der Waals surface area contributed by atoms with Gasteiger partial charge in [-0.15, -0.1) is 0 Å². The Morgan fingerprint density at radius 2 is 1.86 bits per heavy atom. The molecule has 1 N–H and O–H groups in total. The van der Waals surface area contributed by atoms with E-state index in [1.54, 1.807) is 11.8 Å². The molecule has 28 heavy (non-hydrogen) atoms. The van der Waals surface area contributed by atoms with E-state index in [1.165, 1.54) is 12.1 Å². The fourth-order valence-corrected chi connectivity index (χ4v) is 4.67. The first-order chi connectivity index (χ1) is 13.4. The van der Waals surface area contributed by atoms with Gasteiger partial charge >= 0.3 is 0 Å². The van der Waals surface area contributed by atoms with Crippen LogP contribution in [-0.2, 0) is 4.79 Å². The van der Waals surface area contributed by atoms with E-state index in [4.69, 9.17) is 0 Å². The van der Waals surface area contributed by atoms with E-state index in [9.17, 15) is 19.1 Å². The Hall–Kier alpha value is -2.89. The standard InChI is InChI=1S/C22H23FN2O3/c1-13-5-3-4-6-17(13)21-18-12-24(10-16(18)11-25(21)14(2)26)22(28)15-7-8-20(27)19(23)9-15/h3-9,16,18,21,27H,10-12H2,1-2H3/t16-,18-,21+/m1/s1. The van der Waals surface area contributed by atoms with Gasteiger partial charge in [-0.25, -0.2) is 4.39 Å². The fraction of sp³-hybridized carbons (Fsp3) is 0.364. The lowest BCUT2D eigenvalue weighted by Gasteiger charge is -2.30. The number of halogens is 1. The lowest BCUT2D eigenvalue weighted by Crippen LogP contribution is -2.36. The van der Waals surface area contributed by atoms with Crippen molar-refractivity contribution in [3.63, 3.8) is 0 Å². The topological polar surface area (TPSA) is 60.9 Å². The van der Waals surface area contributed by atoms with Crippen LogP contribution in [0.1, 0.15) is 34.5 Å². The van der Waals surface area contributed by atoms with Gasteiger partial charge in [-0.2, -0.15) is 0 Å². The molecule has 2 amide bonds. The van der Waals surface area contributed by atoms with Gasteiger partial charge in [-0.1, -0.05) is 24.3 Å². The van der Waals surface area contributed by atoms with Gasteiger partial charge < -0.3 is 14.9 Å². The van der Waals surface area contributed by atoms with Crippen molar-refractivity contribution in [2.75, 3.05) is 19.6 Å². The average molecular weight is 382 g/mol. The lowest BCUT2D eigenvalue weighted by atomic mass is 9.87. The van der Waals surface area contributed by atoms with Gasteiger partial charge in [0.25, 0.3) is 5.91 Å². The Kier molecular flexibility index (Phi) is 4.57. The summed E-state index contributed by atoms with van der Waals surface area (Å²) >= 11 is 0. The van der Waals surface area contributed by atoms with Crippen LogP contribution >= 0.6 is 0 Å². The molecule has 3 atom stereocenters. The molecule has 0 bridgehead atoms. The molecular formula is C22H23FN2O3. The summed E-state index contributed by atoms with van der Waals surface area (Å²) < 4.78 is 13.7. The molecule has 6 heteroatoms. The quantitative estimate of drug-likeness (QED) is 0.868. The van der Waals surface area contributed by atoms with Crippen molar-refractivity contribution in [2.45, 2.75) is 19.9 Å². The molecule has 0 aromatic heterocycles. The van der Waals surface area contributed by atoms with Crippen LogP contribution in [0.5, 0.6) is 5.75 Å². The molecule has 2 aromatic rings. The fourth-order valence-electron chi connectivity index (χ4n) is 4.67. The molecule has 0 saturated carbocycles. The number of likely N-dealkylation sites (tertiary alicyclic amines) is 2. The number of amides is 2. The second-order valence-electron chi connectivity index (χ2n) is 7.77. The van der Waals surface area contributed by atoms with Gasteiger partial charge in [0.1, 0.15) is 0 Å². The molecule has 4 rings (SSSR count). The molecule has 0 spiro atoms. The third-order valence-electron chi connectivity index (χ3n) is 6.06. The number of benzene rings is 2. The zero-order chi connectivity index (χ0) is 20.0. The maximum absolute atomic E-state index is 13.7. The largest absolute Gasteiger partial charge is 0.505 e. The molecule has 2 aromatic carbocycles. The molecular weight excluding hydrogens is 359 g/mol. The third-order valence-corrected chi connectivity index (χ3v) is 6.06. The predicted octanol–water partition coefficient (Wildman–Crippen LogP) is 3.13. The highest BCUT2D eigenvalue weighted by atomic mass is 19.1. The number of carbonyl (C=O) groups excluding carboxylic acids is 2. The van der Waals surface area contributed by atoms with Crippen LogP contribution in [0.3, 0.4) is 0 Å². The van der Waals surface area contributed by atoms with Crippen molar-refractivity contribution in [3.05, 3.63) is 65.0 Å². The van der Waals surface area contributed by atoms with Gasteiger partial charge in [0.2, 0.25) is 5.91 Å². The second-order valence-corrected chi connectivity index (χ2v) is 7.77. The van der Waals surface area contributed by atoms with Crippen LogP contribution in [0.15, 0.2) is 42.5 Å². The number of rotatable bonds is 2. The number of hydrogen-bond acceptors (Lipinski definition) is 3. The van der Waals surface area contributed by atoms with Gasteiger partial charge in [0.05, 0.1) is 6.04 Å². The van der Waals surface area contributed by atoms with Crippen molar-refractivity contribution in [3.8, 4) is 5.75 Å². The Balaban J connectivity index is 1.61. The molecule has 2 aliphatic rings. The van der Waals surface area contributed by atoms with Crippen LogP contribution in [0, 0.1) is 24.6 Å². The maximum Gasteiger partial charge on any atom is 0.253 e. The number of hydrogen-bond donors (Lipinski definition) is 1. The number of aryl methyl sites for hydroxylation is 1. The summed E-state index contributed by atoms with van der Waals surface area (Å²) in [5, 5.41) is 9.35. The molecule has 2 fully saturated rings. The predicted molar refractivity (Wildman–Crippen MR) is 102 cm³/mol. The van der Waals surface area contributed by atoms with E-state index in [-0.39, 0.29) is 35.3 Å². The lowest BCUT2D eigenvalue weighted by molar-refractivity contribution is -0.130. The highest BCUT2D eigenvalue weighted by molar-refractivity contribution is 5.94. The van der Waals surface area contributed by atoms with Crippen molar-refractivity contribution in [1.82, 2.24) is 9.80 Å². The minimum atomic E-state index is -0.800. The monoisotopic (exact) mass is 382 g/mol. The minimum absolute atomic E-state index is 0.0427. The number of phenolic OH excluding ortho intramolecular Hbond substituents is 1. The Morgan fingerprint density at radius 1 is 1.11 bits per heavy atom. The summed E-state index contributed by atoms with van der Waals surface area (Å²) in [5.41, 5.74) is 2.48. The number of carbonyl (C=O) groups is 2. The van der Waals surface area contributed by atoms with E-state index in [1.807, 2.05) is 30.0 Å². The van der Waals surface area contributed by atoms with Gasteiger partial charge in [0, 0.05) is 44.0 Å². The van der Waals surface area contributed by atoms with E-state index < -0.39 is 11.6 Å². The smallest absolute Gasteiger partial charge is 0.253 e. The zero-order valence-corrected chi connectivity index (χ0v) is 15.9. The van der Waals surface area contributed by atoms with E-state index >= 15 is 0 Å². The summed E-state index contributed by atoms with van der Waals surface area (Å²) in [5.74, 6) is -1.12. The van der Waals surface area contributed by atoms with E-state index in [2.05, 4.69) is 6.07 Å². The maximum atomic E-state index is 13.7. The molecule has 2 aliphatic heterocycles. The number of phenols is 1. The van der Waals surface area contributed by atoms with Crippen molar-refractivity contribution in [1.29, 1.82) is 0 Å². The Labute approximate surface area is 163 Å². The Morgan fingerprint density at radius 3 is 2.54 bits per heavy atom. The molecule has 2 heterocycles. The van der Waals surface area contributed by atoms with Crippen LogP contribution < -0.4 is 0 Å². The molecule has 146 valence electrons. The van der Waals surface area contributed by atoms with Gasteiger partial charge in [-0.05, 0) is 36.2 Å². The second kappa shape index (κ2) is 6.93. The molecule has 0 aliphatic carbocycles. The summed E-state index contributed by atoms with van der Waals surface area (Å²) in [4.78, 5) is 28.8. The van der Waals surface area contributed by atoms with Crippen LogP contribution in [0.25, 0.3) is 0 Å². The summed E-state index contributed by atoms with van der Waals surface area (Å²) in [6.45, 7) is 5.31. The van der Waals surface area contributed by atoms with Crippen LogP contribution in [0.2, 0.25) is 0 Å². The molecule has 2 saturated heterocycles. The number of fused-ring (bicyclic) bond motifs is 1. The van der Waals surface area contributed by atoms with Crippen LogP contribution in [-0.4, -0.2) is 46.4 Å². The van der Waals surface area contributed by atoms with Gasteiger partial charge in [0.15, 0.2) is 11.6 Å². The highest BCUT2D eigenvalue weighted by Crippen LogP contribution is 2.46. The first-order valence-corrected chi connectivity index (χ1v) is 9.47. The summed E-state index contributed by atoms with van der Waals surface area (Å²) in [6.07, 6.45) is 0. The van der Waals surface area contributed by atoms with Crippen molar-refractivity contribution in [2.24, 2.45) is 11.8 Å². The summed E-state index contributed by atoms with van der Waals surface area (Å²) in [6, 6.07) is 11.7. The average Bonchev–Trinajstić information content (AvgIpc) is 3.22. The SMILES string of the molecule is CC(=O)N1C[C@H]2CN(C(=O)c3ccc(O)c(F)c3)C[C@H]2[C@@H]1c1ccccc1C. The number of aromatic hydroxyl groups is 1. The molecule has 0 radical (unpaired) electrons. The minimum Gasteiger partial charge on any atom is -0.505 e. The first-order valence-electron chi connectivity index (χ1n) is 9.47. The van der Waals surface area contributed by atoms with E-state index in [0.717, 1.165) is 17.2 Å². The highest BCUT2D eigenvalue weighted by Gasteiger charge is 2.49. The van der Waals surface area contributed by atoms with Crippen molar-refractivity contribution >= 4 is 11.8 Å². The van der Waals surface area contributed by atoms with Gasteiger partial charge in [-0.3, -0.25) is 9.59 Å². The third kappa shape index (κ3) is 3.03. The summed E-state index contributed by atoms with van der Waals surface area (Å²) in [7, 11) is 0. The van der Waals surface area contributed by atoms with E-state index in [0.29, 0.717) is 19.6 Å². The van der Waals surface area contributed by atoms with Crippen LogP contribution in [0.4, 0.5) is 4.39 Å². The number of nitrogens with zero attached hydrogens (tertiary/aromatic N) is 2.